The lowest BCUT2D eigenvalue weighted by atomic mass is 9.95. The van der Waals surface area contributed by atoms with Gasteiger partial charge in [0, 0.05) is 21.3 Å². The van der Waals surface area contributed by atoms with Crippen molar-refractivity contribution >= 4 is 33.4 Å². The maximum atomic E-state index is 14.1. The van der Waals surface area contributed by atoms with Crippen molar-refractivity contribution in [3.8, 4) is 0 Å². The maximum Gasteiger partial charge on any atom is 0.255 e. The number of anilines is 1. The van der Waals surface area contributed by atoms with Crippen molar-refractivity contribution in [3.63, 3.8) is 0 Å². The fourth-order valence-corrected chi connectivity index (χ4v) is 3.86. The Bertz CT molecular complexity index is 1100. The fourth-order valence-electron chi connectivity index (χ4n) is 3.46. The standard InChI is InChI=1S/C22H15BrF2N2O2/c23-15-3-1-2-14(10-15)22(29)27-12-20(28)26-19-9-8-17(25)11-18(19)21(27)13-4-6-16(24)7-5-13/h1-11,21H,12H2,(H,26,28). The van der Waals surface area contributed by atoms with Gasteiger partial charge in [-0.3, -0.25) is 9.59 Å². The molecule has 1 aliphatic rings. The lowest BCUT2D eigenvalue weighted by Gasteiger charge is -2.30. The highest BCUT2D eigenvalue weighted by Crippen LogP contribution is 2.37. The first kappa shape index (κ1) is 19.3. The van der Waals surface area contributed by atoms with Crippen molar-refractivity contribution in [2.45, 2.75) is 6.04 Å². The van der Waals surface area contributed by atoms with Crippen LogP contribution in [0.15, 0.2) is 71.2 Å². The Kier molecular flexibility index (Phi) is 5.15. The number of amides is 2. The van der Waals surface area contributed by atoms with Crippen LogP contribution in [0.3, 0.4) is 0 Å². The highest BCUT2D eigenvalue weighted by Gasteiger charge is 2.34. The predicted octanol–water partition coefficient (Wildman–Crippen LogP) is 4.91. The van der Waals surface area contributed by atoms with Crippen LogP contribution in [0.5, 0.6) is 0 Å². The lowest BCUT2D eigenvalue weighted by molar-refractivity contribution is -0.117. The molecule has 1 unspecified atom stereocenters. The Balaban J connectivity index is 1.90. The molecule has 29 heavy (non-hydrogen) atoms. The molecule has 0 spiro atoms. The summed E-state index contributed by atoms with van der Waals surface area (Å²) in [5.41, 5.74) is 1.78. The topological polar surface area (TPSA) is 49.4 Å². The van der Waals surface area contributed by atoms with E-state index in [4.69, 9.17) is 0 Å². The van der Waals surface area contributed by atoms with E-state index in [1.807, 2.05) is 0 Å². The molecule has 0 saturated carbocycles. The van der Waals surface area contributed by atoms with E-state index >= 15 is 0 Å². The average Bonchev–Trinajstić information content (AvgIpc) is 2.84. The van der Waals surface area contributed by atoms with E-state index in [1.165, 1.54) is 47.4 Å². The van der Waals surface area contributed by atoms with Gasteiger partial charge in [0.25, 0.3) is 5.91 Å². The molecule has 1 N–H and O–H groups in total. The summed E-state index contributed by atoms with van der Waals surface area (Å²) in [6, 6.07) is 15.6. The summed E-state index contributed by atoms with van der Waals surface area (Å²) in [5, 5.41) is 2.73. The van der Waals surface area contributed by atoms with Crippen LogP contribution in [0.25, 0.3) is 0 Å². The minimum Gasteiger partial charge on any atom is -0.324 e. The van der Waals surface area contributed by atoms with Gasteiger partial charge in [-0.2, -0.15) is 0 Å². The van der Waals surface area contributed by atoms with Crippen LogP contribution in [0.4, 0.5) is 14.5 Å². The van der Waals surface area contributed by atoms with Crippen molar-refractivity contribution < 1.29 is 18.4 Å². The molecule has 0 bridgehead atoms. The van der Waals surface area contributed by atoms with Crippen molar-refractivity contribution in [3.05, 3.63) is 99.5 Å². The predicted molar refractivity (Wildman–Crippen MR) is 108 cm³/mol. The smallest absolute Gasteiger partial charge is 0.255 e. The third-order valence-electron chi connectivity index (χ3n) is 4.73. The molecule has 0 fully saturated rings. The normalized spacial score (nSPS) is 16.0. The Morgan fingerprint density at radius 2 is 1.72 bits per heavy atom. The van der Waals surface area contributed by atoms with Crippen LogP contribution in [-0.2, 0) is 4.79 Å². The third kappa shape index (κ3) is 3.91. The van der Waals surface area contributed by atoms with Gasteiger partial charge in [-0.05, 0) is 54.1 Å². The molecular formula is C22H15BrF2N2O2. The van der Waals surface area contributed by atoms with E-state index in [1.54, 1.807) is 24.3 Å². The first-order chi connectivity index (χ1) is 13.9. The molecule has 1 atom stereocenters. The van der Waals surface area contributed by atoms with Crippen LogP contribution in [0, 0.1) is 11.6 Å². The largest absolute Gasteiger partial charge is 0.324 e. The quantitative estimate of drug-likeness (QED) is 0.595. The molecule has 7 heteroatoms. The Morgan fingerprint density at radius 1 is 1.00 bits per heavy atom. The minimum absolute atomic E-state index is 0.232. The summed E-state index contributed by atoms with van der Waals surface area (Å²) in [4.78, 5) is 27.2. The molecule has 3 aromatic rings. The number of fused-ring (bicyclic) bond motifs is 1. The molecule has 1 heterocycles. The highest BCUT2D eigenvalue weighted by molar-refractivity contribution is 9.10. The molecular weight excluding hydrogens is 442 g/mol. The van der Waals surface area contributed by atoms with Gasteiger partial charge in [-0.1, -0.05) is 34.1 Å². The van der Waals surface area contributed by atoms with Gasteiger partial charge >= 0.3 is 0 Å². The molecule has 0 aromatic heterocycles. The van der Waals surface area contributed by atoms with E-state index in [0.717, 1.165) is 0 Å². The first-order valence-corrected chi connectivity index (χ1v) is 9.63. The Labute approximate surface area is 174 Å². The molecule has 4 rings (SSSR count). The first-order valence-electron chi connectivity index (χ1n) is 8.83. The van der Waals surface area contributed by atoms with E-state index in [-0.39, 0.29) is 6.54 Å². The zero-order chi connectivity index (χ0) is 20.5. The zero-order valence-corrected chi connectivity index (χ0v) is 16.6. The Morgan fingerprint density at radius 3 is 2.45 bits per heavy atom. The number of carbonyl (C=O) groups excluding carboxylic acids is 2. The van der Waals surface area contributed by atoms with Gasteiger partial charge in [-0.15, -0.1) is 0 Å². The summed E-state index contributed by atoms with van der Waals surface area (Å²) < 4.78 is 28.3. The summed E-state index contributed by atoms with van der Waals surface area (Å²) >= 11 is 3.34. The third-order valence-corrected chi connectivity index (χ3v) is 5.22. The molecule has 4 nitrogen and oxygen atoms in total. The lowest BCUT2D eigenvalue weighted by Crippen LogP contribution is -2.39. The number of rotatable bonds is 2. The number of carbonyl (C=O) groups is 2. The molecule has 3 aromatic carbocycles. The summed E-state index contributed by atoms with van der Waals surface area (Å²) in [7, 11) is 0. The van der Waals surface area contributed by atoms with Crippen LogP contribution in [-0.4, -0.2) is 23.3 Å². The fraction of sp³-hybridized carbons (Fsp3) is 0.0909. The van der Waals surface area contributed by atoms with E-state index in [2.05, 4.69) is 21.2 Å². The second-order valence-corrected chi connectivity index (χ2v) is 7.59. The van der Waals surface area contributed by atoms with Crippen molar-refractivity contribution in [1.82, 2.24) is 4.90 Å². The van der Waals surface area contributed by atoms with Crippen LogP contribution < -0.4 is 5.32 Å². The number of hydrogen-bond donors (Lipinski definition) is 1. The Hall–Kier alpha value is -3.06. The maximum absolute atomic E-state index is 14.1. The number of hydrogen-bond acceptors (Lipinski definition) is 2. The number of benzene rings is 3. The molecule has 2 amide bonds. The second-order valence-electron chi connectivity index (χ2n) is 6.68. The molecule has 0 saturated heterocycles. The summed E-state index contributed by atoms with van der Waals surface area (Å²) in [6.07, 6.45) is 0. The van der Waals surface area contributed by atoms with Crippen molar-refractivity contribution in [2.75, 3.05) is 11.9 Å². The van der Waals surface area contributed by atoms with Crippen molar-refractivity contribution in [1.29, 1.82) is 0 Å². The van der Waals surface area contributed by atoms with Gasteiger partial charge in [-0.25, -0.2) is 8.78 Å². The van der Waals surface area contributed by atoms with Gasteiger partial charge in [0.1, 0.15) is 18.2 Å². The SMILES string of the molecule is O=C1CN(C(=O)c2cccc(Br)c2)C(c2ccc(F)cc2)c2cc(F)ccc2N1. The van der Waals surface area contributed by atoms with Gasteiger partial charge in [0.05, 0.1) is 6.04 Å². The summed E-state index contributed by atoms with van der Waals surface area (Å²) in [5.74, 6) is -1.72. The van der Waals surface area contributed by atoms with Gasteiger partial charge in [0.2, 0.25) is 5.91 Å². The molecule has 0 radical (unpaired) electrons. The second kappa shape index (κ2) is 7.75. The minimum atomic E-state index is -0.772. The highest BCUT2D eigenvalue weighted by atomic mass is 79.9. The van der Waals surface area contributed by atoms with Crippen molar-refractivity contribution in [2.24, 2.45) is 0 Å². The number of halogens is 3. The molecule has 0 aliphatic carbocycles. The van der Waals surface area contributed by atoms with Crippen LogP contribution in [0.2, 0.25) is 0 Å². The monoisotopic (exact) mass is 456 g/mol. The van der Waals surface area contributed by atoms with Crippen LogP contribution >= 0.6 is 15.9 Å². The van der Waals surface area contributed by atoms with E-state index in [9.17, 15) is 18.4 Å². The number of nitrogens with zero attached hydrogens (tertiary/aromatic N) is 1. The summed E-state index contributed by atoms with van der Waals surface area (Å²) in [6.45, 7) is -0.232. The van der Waals surface area contributed by atoms with Gasteiger partial charge < -0.3 is 10.2 Å². The average molecular weight is 457 g/mol. The van der Waals surface area contributed by atoms with E-state index < -0.39 is 29.5 Å². The van der Waals surface area contributed by atoms with Gasteiger partial charge in [0.15, 0.2) is 0 Å². The number of nitrogens with one attached hydrogen (secondary N) is 1. The van der Waals surface area contributed by atoms with Crippen LogP contribution in [0.1, 0.15) is 27.5 Å². The molecule has 1 aliphatic heterocycles. The molecule has 146 valence electrons. The zero-order valence-electron chi connectivity index (χ0n) is 15.0. The van der Waals surface area contributed by atoms with E-state index in [0.29, 0.717) is 26.9 Å².